The second kappa shape index (κ2) is 7.92. The zero-order chi connectivity index (χ0) is 18.6. The van der Waals surface area contributed by atoms with Crippen molar-refractivity contribution in [2.24, 2.45) is 5.41 Å². The predicted molar refractivity (Wildman–Crippen MR) is 104 cm³/mol. The molecule has 0 saturated heterocycles. The van der Waals surface area contributed by atoms with Crippen molar-refractivity contribution < 1.29 is 9.59 Å². The zero-order valence-corrected chi connectivity index (χ0v) is 15.6. The Morgan fingerprint density at radius 2 is 1.81 bits per heavy atom. The van der Waals surface area contributed by atoms with Crippen molar-refractivity contribution in [3.8, 4) is 0 Å². The highest BCUT2D eigenvalue weighted by Crippen LogP contribution is 2.46. The summed E-state index contributed by atoms with van der Waals surface area (Å²) in [6.07, 6.45) is 2.93. The summed E-state index contributed by atoms with van der Waals surface area (Å²) in [5.74, 6) is -0.431. The van der Waals surface area contributed by atoms with Crippen LogP contribution in [0.1, 0.15) is 30.4 Å². The van der Waals surface area contributed by atoms with Gasteiger partial charge in [0.2, 0.25) is 11.8 Å². The van der Waals surface area contributed by atoms with Crippen molar-refractivity contribution in [1.82, 2.24) is 5.32 Å². The van der Waals surface area contributed by atoms with E-state index >= 15 is 0 Å². The Morgan fingerprint density at radius 1 is 1.08 bits per heavy atom. The van der Waals surface area contributed by atoms with Crippen LogP contribution in [0, 0.1) is 12.3 Å². The van der Waals surface area contributed by atoms with E-state index < -0.39 is 5.41 Å². The Kier molecular flexibility index (Phi) is 5.62. The van der Waals surface area contributed by atoms with E-state index in [1.807, 2.05) is 31.2 Å². The summed E-state index contributed by atoms with van der Waals surface area (Å²) in [5, 5.41) is 6.34. The summed E-state index contributed by atoms with van der Waals surface area (Å²) < 4.78 is 0. The second-order valence-electron chi connectivity index (χ2n) is 6.85. The monoisotopic (exact) mass is 370 g/mol. The Bertz CT molecular complexity index is 801. The zero-order valence-electron chi connectivity index (χ0n) is 14.8. The van der Waals surface area contributed by atoms with Gasteiger partial charge in [-0.3, -0.25) is 9.59 Å². The molecule has 0 heterocycles. The topological polar surface area (TPSA) is 58.2 Å². The van der Waals surface area contributed by atoms with Crippen LogP contribution >= 0.6 is 11.6 Å². The average molecular weight is 371 g/mol. The molecule has 2 aromatic carbocycles. The molecule has 26 heavy (non-hydrogen) atoms. The predicted octanol–water partition coefficient (Wildman–Crippen LogP) is 4.12. The Balaban J connectivity index is 1.50. The Hall–Kier alpha value is -2.33. The maximum Gasteiger partial charge on any atom is 0.240 e. The van der Waals surface area contributed by atoms with Crippen LogP contribution in [0.15, 0.2) is 48.5 Å². The number of hydrogen-bond donors (Lipinski definition) is 2. The highest BCUT2D eigenvalue weighted by atomic mass is 35.5. The summed E-state index contributed by atoms with van der Waals surface area (Å²) in [7, 11) is 0. The first-order chi connectivity index (χ1) is 12.5. The minimum absolute atomic E-state index is 0.179. The number of halogens is 1. The van der Waals surface area contributed by atoms with E-state index in [9.17, 15) is 9.59 Å². The van der Waals surface area contributed by atoms with Crippen molar-refractivity contribution >= 4 is 29.1 Å². The van der Waals surface area contributed by atoms with Gasteiger partial charge in [0.15, 0.2) is 0 Å². The van der Waals surface area contributed by atoms with Gasteiger partial charge in [0.25, 0.3) is 0 Å². The molecular weight excluding hydrogens is 348 g/mol. The van der Waals surface area contributed by atoms with Gasteiger partial charge in [0.1, 0.15) is 5.41 Å². The smallest absolute Gasteiger partial charge is 0.240 e. The molecule has 0 bridgehead atoms. The number of anilines is 1. The minimum atomic E-state index is -0.926. The number of amides is 2. The molecule has 4 nitrogen and oxygen atoms in total. The summed E-state index contributed by atoms with van der Waals surface area (Å²) >= 11 is 6.09. The lowest BCUT2D eigenvalue weighted by Crippen LogP contribution is -2.40. The van der Waals surface area contributed by atoms with E-state index in [2.05, 4.69) is 22.8 Å². The van der Waals surface area contributed by atoms with Crippen LogP contribution in [-0.4, -0.2) is 18.4 Å². The third-order valence-corrected chi connectivity index (χ3v) is 5.23. The molecule has 0 spiro atoms. The van der Waals surface area contributed by atoms with E-state index in [1.54, 1.807) is 12.1 Å². The van der Waals surface area contributed by atoms with Gasteiger partial charge in [-0.1, -0.05) is 48.0 Å². The van der Waals surface area contributed by atoms with E-state index in [0.29, 0.717) is 30.1 Å². The molecule has 0 aliphatic heterocycles. The largest absolute Gasteiger partial charge is 0.355 e. The number of aryl methyl sites for hydroxylation is 2. The van der Waals surface area contributed by atoms with Gasteiger partial charge in [0.05, 0.1) is 0 Å². The fourth-order valence-electron chi connectivity index (χ4n) is 2.91. The molecule has 5 heteroatoms. The fraction of sp³-hybridized carbons (Fsp3) is 0.333. The summed E-state index contributed by atoms with van der Waals surface area (Å²) in [5.41, 5.74) is 1.89. The molecule has 136 valence electrons. The first kappa shape index (κ1) is 18.5. The van der Waals surface area contributed by atoms with Crippen LogP contribution in [0.4, 0.5) is 5.69 Å². The van der Waals surface area contributed by atoms with Crippen LogP contribution in [0.3, 0.4) is 0 Å². The first-order valence-corrected chi connectivity index (χ1v) is 9.29. The lowest BCUT2D eigenvalue weighted by molar-refractivity contribution is -0.134. The van der Waals surface area contributed by atoms with Crippen molar-refractivity contribution in [2.45, 2.75) is 32.6 Å². The van der Waals surface area contributed by atoms with Crippen LogP contribution < -0.4 is 10.6 Å². The van der Waals surface area contributed by atoms with Crippen LogP contribution in [0.5, 0.6) is 0 Å². The van der Waals surface area contributed by atoms with E-state index in [1.165, 1.54) is 5.56 Å². The van der Waals surface area contributed by atoms with Crippen molar-refractivity contribution in [3.05, 3.63) is 64.7 Å². The number of benzene rings is 2. The molecule has 0 aromatic heterocycles. The molecule has 0 unspecified atom stereocenters. The normalized spacial score (nSPS) is 14.5. The molecule has 1 fully saturated rings. The van der Waals surface area contributed by atoms with Crippen molar-refractivity contribution in [2.75, 3.05) is 11.9 Å². The number of carbonyl (C=O) groups is 2. The van der Waals surface area contributed by atoms with E-state index in [4.69, 9.17) is 11.6 Å². The summed E-state index contributed by atoms with van der Waals surface area (Å²) in [4.78, 5) is 25.1. The Morgan fingerprint density at radius 3 is 2.46 bits per heavy atom. The SMILES string of the molecule is Cc1ccc(NC(=O)C2(C(=O)NCCCc3ccccc3)CC2)cc1Cl. The van der Waals surface area contributed by atoms with Gasteiger partial charge < -0.3 is 10.6 Å². The van der Waals surface area contributed by atoms with Gasteiger partial charge in [0, 0.05) is 17.3 Å². The van der Waals surface area contributed by atoms with Gasteiger partial charge in [-0.05, 0) is 55.9 Å². The number of carbonyl (C=O) groups excluding carboxylic acids is 2. The third kappa shape index (κ3) is 4.25. The maximum atomic E-state index is 12.6. The van der Waals surface area contributed by atoms with Gasteiger partial charge in [-0.25, -0.2) is 0 Å². The highest BCUT2D eigenvalue weighted by Gasteiger charge is 2.56. The fourth-order valence-corrected chi connectivity index (χ4v) is 3.09. The summed E-state index contributed by atoms with van der Waals surface area (Å²) in [6.45, 7) is 2.47. The van der Waals surface area contributed by atoms with Crippen molar-refractivity contribution in [3.63, 3.8) is 0 Å². The summed E-state index contributed by atoms with van der Waals surface area (Å²) in [6, 6.07) is 15.5. The quantitative estimate of drug-likeness (QED) is 0.569. The average Bonchev–Trinajstić information content (AvgIpc) is 3.45. The van der Waals surface area contributed by atoms with E-state index in [0.717, 1.165) is 18.4 Å². The van der Waals surface area contributed by atoms with Gasteiger partial charge in [-0.2, -0.15) is 0 Å². The Labute approximate surface area is 158 Å². The lowest BCUT2D eigenvalue weighted by atomic mass is 10.0. The second-order valence-corrected chi connectivity index (χ2v) is 7.25. The molecular formula is C21H23ClN2O2. The molecule has 3 rings (SSSR count). The van der Waals surface area contributed by atoms with Gasteiger partial charge >= 0.3 is 0 Å². The molecule has 0 radical (unpaired) electrons. The van der Waals surface area contributed by atoms with Crippen molar-refractivity contribution in [1.29, 1.82) is 0 Å². The molecule has 1 saturated carbocycles. The molecule has 2 amide bonds. The molecule has 2 N–H and O–H groups in total. The van der Waals surface area contributed by atoms with Crippen LogP contribution in [-0.2, 0) is 16.0 Å². The number of hydrogen-bond acceptors (Lipinski definition) is 2. The number of rotatable bonds is 7. The third-order valence-electron chi connectivity index (χ3n) is 4.82. The maximum absolute atomic E-state index is 12.6. The van der Waals surface area contributed by atoms with E-state index in [-0.39, 0.29) is 11.8 Å². The lowest BCUT2D eigenvalue weighted by Gasteiger charge is -2.16. The molecule has 0 atom stereocenters. The molecule has 1 aliphatic rings. The first-order valence-electron chi connectivity index (χ1n) is 8.91. The minimum Gasteiger partial charge on any atom is -0.355 e. The van der Waals surface area contributed by atoms with Crippen LogP contribution in [0.2, 0.25) is 5.02 Å². The standard InChI is InChI=1S/C21H23ClN2O2/c1-15-9-10-17(14-18(15)22)24-20(26)21(11-12-21)19(25)23-13-5-8-16-6-3-2-4-7-16/h2-4,6-7,9-10,14H,5,8,11-13H2,1H3,(H,23,25)(H,24,26). The highest BCUT2D eigenvalue weighted by molar-refractivity contribution is 6.31. The molecule has 1 aliphatic carbocycles. The number of nitrogens with one attached hydrogen (secondary N) is 2. The van der Waals surface area contributed by atoms with Gasteiger partial charge in [-0.15, -0.1) is 0 Å². The molecule has 2 aromatic rings. The van der Waals surface area contributed by atoms with Crippen LogP contribution in [0.25, 0.3) is 0 Å².